The van der Waals surface area contributed by atoms with E-state index < -0.39 is 0 Å². The fraction of sp³-hybridized carbons (Fsp3) is 0.133. The summed E-state index contributed by atoms with van der Waals surface area (Å²) in [5.74, 6) is 1.35. The molecule has 5 heteroatoms. The van der Waals surface area contributed by atoms with Crippen molar-refractivity contribution in [1.82, 2.24) is 4.98 Å². The van der Waals surface area contributed by atoms with E-state index in [1.54, 1.807) is 7.11 Å². The largest absolute Gasteiger partial charge is 0.495 e. The fourth-order valence-electron chi connectivity index (χ4n) is 2.07. The summed E-state index contributed by atoms with van der Waals surface area (Å²) in [5, 5.41) is 3.84. The van der Waals surface area contributed by atoms with Crippen molar-refractivity contribution in [3.63, 3.8) is 0 Å². The van der Waals surface area contributed by atoms with Crippen LogP contribution in [0.25, 0.3) is 22.6 Å². The second kappa shape index (κ2) is 5.06. The lowest BCUT2D eigenvalue weighted by atomic mass is 10.2. The minimum absolute atomic E-state index is 0.569. The zero-order valence-corrected chi connectivity index (χ0v) is 12.0. The zero-order valence-electron chi connectivity index (χ0n) is 11.1. The maximum Gasteiger partial charge on any atom is 0.228 e. The minimum atomic E-state index is 0.569. The molecule has 0 saturated carbocycles. The number of benzene rings is 2. The first kappa shape index (κ1) is 12.8. The molecule has 2 aromatic carbocycles. The maximum absolute atomic E-state index is 5.76. The number of methoxy groups -OCH3 is 1. The third kappa shape index (κ3) is 2.18. The van der Waals surface area contributed by atoms with Gasteiger partial charge in [0.25, 0.3) is 0 Å². The van der Waals surface area contributed by atoms with E-state index in [0.29, 0.717) is 5.89 Å². The number of oxazole rings is 1. The highest BCUT2D eigenvalue weighted by atomic mass is 35.5. The summed E-state index contributed by atoms with van der Waals surface area (Å²) in [4.78, 5) is 4.47. The van der Waals surface area contributed by atoms with E-state index in [1.807, 2.05) is 43.4 Å². The Morgan fingerprint density at radius 3 is 2.80 bits per heavy atom. The first-order valence-corrected chi connectivity index (χ1v) is 6.56. The van der Waals surface area contributed by atoms with Crippen LogP contribution in [-0.2, 0) is 0 Å². The first-order chi connectivity index (χ1) is 9.71. The molecule has 1 aromatic heterocycles. The molecule has 0 aliphatic carbocycles. The van der Waals surface area contributed by atoms with E-state index in [1.165, 1.54) is 0 Å². The van der Waals surface area contributed by atoms with Crippen molar-refractivity contribution >= 4 is 16.8 Å². The number of aromatic nitrogens is 1. The third-order valence-corrected chi connectivity index (χ3v) is 3.33. The smallest absolute Gasteiger partial charge is 0.228 e. The molecule has 0 atom stereocenters. The van der Waals surface area contributed by atoms with Gasteiger partial charge in [0.05, 0.1) is 12.8 Å². The summed E-state index contributed by atoms with van der Waals surface area (Å²) in [6.45, 7) is 0. The molecule has 0 saturated heterocycles. The summed E-state index contributed by atoms with van der Waals surface area (Å²) >= 11 is 5.13. The SMILES string of the molecule is CNc1cc(-c2nc3cc([ClH+])ccc3o2)ccc1OC. The van der Waals surface area contributed by atoms with Gasteiger partial charge in [0.2, 0.25) is 10.9 Å². The normalized spacial score (nSPS) is 10.8. The van der Waals surface area contributed by atoms with Crippen molar-refractivity contribution in [3.8, 4) is 17.2 Å². The molecule has 20 heavy (non-hydrogen) atoms. The number of hydrogen-bond donors (Lipinski definition) is 1. The quantitative estimate of drug-likeness (QED) is 0.804. The number of fused-ring (bicyclic) bond motifs is 1. The van der Waals surface area contributed by atoms with E-state index in [4.69, 9.17) is 20.8 Å². The molecule has 1 N–H and O–H groups in total. The zero-order chi connectivity index (χ0) is 14.1. The number of hydrogen-bond acceptors (Lipinski definition) is 4. The molecule has 4 nitrogen and oxygen atoms in total. The summed E-state index contributed by atoms with van der Waals surface area (Å²) in [5.41, 5.74) is 3.28. The van der Waals surface area contributed by atoms with Crippen LogP contribution in [0.1, 0.15) is 0 Å². The lowest BCUT2D eigenvalue weighted by molar-refractivity contribution is -0.288. The average molecular weight is 290 g/mol. The predicted octanol–water partition coefficient (Wildman–Crippen LogP) is 3.24. The number of rotatable bonds is 3. The molecule has 0 spiro atoms. The van der Waals surface area contributed by atoms with E-state index in [9.17, 15) is 0 Å². The predicted molar refractivity (Wildman–Crippen MR) is 76.1 cm³/mol. The monoisotopic (exact) mass is 289 g/mol. The van der Waals surface area contributed by atoms with E-state index in [2.05, 4.69) is 10.3 Å². The van der Waals surface area contributed by atoms with E-state index in [-0.39, 0.29) is 0 Å². The molecule has 0 unspecified atom stereocenters. The van der Waals surface area contributed by atoms with Gasteiger partial charge in [-0.2, -0.15) is 0 Å². The van der Waals surface area contributed by atoms with Crippen molar-refractivity contribution in [2.24, 2.45) is 0 Å². The highest BCUT2D eigenvalue weighted by molar-refractivity contribution is 5.78. The molecule has 3 aromatic rings. The number of nitrogens with zero attached hydrogens (tertiary/aromatic N) is 1. The summed E-state index contributed by atoms with van der Waals surface area (Å²) in [6.07, 6.45) is 0. The van der Waals surface area contributed by atoms with Gasteiger partial charge in [-0.15, -0.1) is 0 Å². The molecule has 0 aliphatic rings. The Morgan fingerprint density at radius 1 is 1.20 bits per heavy atom. The number of nitrogens with one attached hydrogen (secondary N) is 1. The van der Waals surface area contributed by atoms with Gasteiger partial charge in [-0.25, -0.2) is 4.98 Å². The van der Waals surface area contributed by atoms with E-state index >= 15 is 0 Å². The Hall–Kier alpha value is -2.20. The first-order valence-electron chi connectivity index (χ1n) is 6.15. The van der Waals surface area contributed by atoms with Gasteiger partial charge in [0.1, 0.15) is 11.3 Å². The lowest BCUT2D eigenvalue weighted by Gasteiger charge is -2.08. The van der Waals surface area contributed by atoms with Crippen LogP contribution in [-0.4, -0.2) is 19.1 Å². The maximum atomic E-state index is 5.76. The summed E-state index contributed by atoms with van der Waals surface area (Å²) in [6, 6.07) is 11.3. The van der Waals surface area contributed by atoms with Crippen molar-refractivity contribution in [3.05, 3.63) is 41.4 Å². The topological polar surface area (TPSA) is 47.3 Å². The van der Waals surface area contributed by atoms with Crippen molar-refractivity contribution in [1.29, 1.82) is 0 Å². The van der Waals surface area contributed by atoms with Crippen LogP contribution in [0.15, 0.2) is 40.8 Å². The Bertz CT molecular complexity index is 768. The van der Waals surface area contributed by atoms with Gasteiger partial charge in [0, 0.05) is 24.7 Å². The Labute approximate surface area is 121 Å². The molecule has 0 aliphatic heterocycles. The standard InChI is InChI=1S/C15H14ClN2O2/c1-17-11-7-9(3-5-13(11)19-2)15-18-12-8-10(16)4-6-14(12)20-15/h3-8,16-17H,1-2H3/q+1. The van der Waals surface area contributed by atoms with Gasteiger partial charge in [-0.3, -0.25) is 0 Å². The molecule has 3 rings (SSSR count). The second-order valence-electron chi connectivity index (χ2n) is 4.31. The van der Waals surface area contributed by atoms with Crippen LogP contribution >= 0.6 is 0 Å². The molecule has 0 amide bonds. The van der Waals surface area contributed by atoms with Gasteiger partial charge in [-0.05, 0) is 24.3 Å². The summed E-state index contributed by atoms with van der Waals surface area (Å²) in [7, 11) is 3.48. The average Bonchev–Trinajstić information content (AvgIpc) is 2.89. The molecule has 0 fully saturated rings. The second-order valence-corrected chi connectivity index (χ2v) is 4.79. The van der Waals surface area contributed by atoms with Gasteiger partial charge in [-0.1, -0.05) is 0 Å². The molecule has 0 bridgehead atoms. The van der Waals surface area contributed by atoms with Crippen molar-refractivity contribution in [2.75, 3.05) is 19.5 Å². The van der Waals surface area contributed by atoms with E-state index in [0.717, 1.165) is 33.1 Å². The lowest BCUT2D eigenvalue weighted by Crippen LogP contribution is -1.94. The molecule has 1 heterocycles. The van der Waals surface area contributed by atoms with Crippen molar-refractivity contribution in [2.45, 2.75) is 0 Å². The highest BCUT2D eigenvalue weighted by Gasteiger charge is 2.12. The molecule has 0 radical (unpaired) electrons. The van der Waals surface area contributed by atoms with Crippen molar-refractivity contribution < 1.29 is 20.8 Å². The van der Waals surface area contributed by atoms with Gasteiger partial charge >= 0.3 is 0 Å². The molecular weight excluding hydrogens is 276 g/mol. The van der Waals surface area contributed by atoms with Crippen LogP contribution in [0.3, 0.4) is 0 Å². The molecule has 102 valence electrons. The van der Waals surface area contributed by atoms with Crippen LogP contribution in [0.2, 0.25) is 5.02 Å². The van der Waals surface area contributed by atoms with Crippen LogP contribution in [0, 0.1) is 11.6 Å². The highest BCUT2D eigenvalue weighted by Crippen LogP contribution is 2.31. The molecular formula is C15H14ClN2O2+. The number of halogens is 1. The van der Waals surface area contributed by atoms with Gasteiger partial charge < -0.3 is 14.5 Å². The Morgan fingerprint density at radius 2 is 2.05 bits per heavy atom. The fourth-order valence-corrected chi connectivity index (χ4v) is 2.25. The minimum Gasteiger partial charge on any atom is -0.495 e. The number of anilines is 1. The number of ether oxygens (including phenoxy) is 1. The Balaban J connectivity index is 2.10. The van der Waals surface area contributed by atoms with Crippen LogP contribution in [0.4, 0.5) is 5.69 Å². The Kier molecular flexibility index (Phi) is 3.24. The van der Waals surface area contributed by atoms with Crippen LogP contribution in [0.5, 0.6) is 5.75 Å². The van der Waals surface area contributed by atoms with Gasteiger partial charge in [0.15, 0.2) is 17.2 Å². The van der Waals surface area contributed by atoms with Crippen LogP contribution < -0.4 is 10.1 Å². The summed E-state index contributed by atoms with van der Waals surface area (Å²) < 4.78 is 11.0. The third-order valence-electron chi connectivity index (χ3n) is 3.07.